The van der Waals surface area contributed by atoms with Crippen LogP contribution in [0.1, 0.15) is 40.2 Å². The van der Waals surface area contributed by atoms with Crippen LogP contribution in [0.3, 0.4) is 0 Å². The molecule has 35 heavy (non-hydrogen) atoms. The molecule has 6 atom stereocenters. The van der Waals surface area contributed by atoms with Gasteiger partial charge in [0.15, 0.2) is 24.0 Å². The zero-order chi connectivity index (χ0) is 25.4. The number of carbonyl (C=O) groups is 3. The summed E-state index contributed by atoms with van der Waals surface area (Å²) in [4.78, 5) is 37.6. The molecule has 1 aromatic carbocycles. The fourth-order valence-corrected chi connectivity index (χ4v) is 4.39. The number of hydrogen-bond acceptors (Lipinski definition) is 8. The van der Waals surface area contributed by atoms with Crippen LogP contribution >= 0.6 is 0 Å². The van der Waals surface area contributed by atoms with E-state index in [4.69, 9.17) is 23.7 Å². The van der Waals surface area contributed by atoms with E-state index in [2.05, 4.69) is 16.0 Å². The molecule has 4 rings (SSSR count). The van der Waals surface area contributed by atoms with Crippen LogP contribution in [0.5, 0.6) is 0 Å². The van der Waals surface area contributed by atoms with E-state index >= 15 is 0 Å². The summed E-state index contributed by atoms with van der Waals surface area (Å²) in [6.07, 6.45) is -3.76. The van der Waals surface area contributed by atoms with E-state index in [0.717, 1.165) is 5.56 Å². The van der Waals surface area contributed by atoms with Crippen molar-refractivity contribution in [2.24, 2.45) is 0 Å². The number of nitrogens with one attached hydrogen (secondary N) is 3. The molecule has 3 fully saturated rings. The molecule has 11 nitrogen and oxygen atoms in total. The summed E-state index contributed by atoms with van der Waals surface area (Å²) in [6, 6.07) is 8.65. The van der Waals surface area contributed by atoms with Gasteiger partial charge in [0, 0.05) is 6.54 Å². The maximum atomic E-state index is 13.0. The molecular weight excluding hydrogens is 458 g/mol. The second-order valence-electron chi connectivity index (χ2n) is 9.80. The Hall–Kier alpha value is -2.57. The van der Waals surface area contributed by atoms with Crippen molar-refractivity contribution < 1.29 is 38.1 Å². The normalized spacial score (nSPS) is 31.1. The summed E-state index contributed by atoms with van der Waals surface area (Å²) < 4.78 is 29.5. The van der Waals surface area contributed by atoms with Crippen molar-refractivity contribution in [2.75, 3.05) is 6.54 Å². The molecule has 0 unspecified atom stereocenters. The van der Waals surface area contributed by atoms with Crippen molar-refractivity contribution in [1.29, 1.82) is 0 Å². The number of ether oxygens (including phenoxy) is 5. The van der Waals surface area contributed by atoms with Crippen LogP contribution in [0.25, 0.3) is 0 Å². The third-order valence-electron chi connectivity index (χ3n) is 5.92. The Morgan fingerprint density at radius 2 is 1.51 bits per heavy atom. The van der Waals surface area contributed by atoms with Gasteiger partial charge in [-0.1, -0.05) is 30.3 Å². The molecule has 3 aliphatic heterocycles. The van der Waals surface area contributed by atoms with E-state index in [1.54, 1.807) is 34.6 Å². The molecule has 0 aromatic heterocycles. The molecule has 0 radical (unpaired) electrons. The van der Waals surface area contributed by atoms with Gasteiger partial charge in [-0.3, -0.25) is 14.4 Å². The molecule has 192 valence electrons. The molecule has 11 heteroatoms. The Balaban J connectivity index is 1.28. The quantitative estimate of drug-likeness (QED) is 0.497. The Morgan fingerprint density at radius 1 is 0.886 bits per heavy atom. The summed E-state index contributed by atoms with van der Waals surface area (Å²) in [5.74, 6) is -3.25. The molecule has 3 N–H and O–H groups in total. The van der Waals surface area contributed by atoms with Crippen molar-refractivity contribution in [3.8, 4) is 0 Å². The van der Waals surface area contributed by atoms with E-state index in [0.29, 0.717) is 6.54 Å². The number of amides is 3. The SMILES string of the molecule is C[C@H](NC(=O)CNC(=O)[C@@H]1O[C@@H]2OC(C)(C)O[C@H]2[C@H]2OC(C)(C)O[C@@H]21)C(=O)NCc1ccccc1. The second kappa shape index (κ2) is 9.82. The highest BCUT2D eigenvalue weighted by atomic mass is 16.9. The molecule has 3 heterocycles. The summed E-state index contributed by atoms with van der Waals surface area (Å²) >= 11 is 0. The Labute approximate surface area is 204 Å². The number of hydrogen-bond donors (Lipinski definition) is 3. The van der Waals surface area contributed by atoms with Crippen molar-refractivity contribution in [3.05, 3.63) is 35.9 Å². The van der Waals surface area contributed by atoms with Crippen molar-refractivity contribution in [3.63, 3.8) is 0 Å². The Kier molecular flexibility index (Phi) is 7.16. The van der Waals surface area contributed by atoms with Crippen LogP contribution < -0.4 is 16.0 Å². The maximum Gasteiger partial charge on any atom is 0.252 e. The Morgan fingerprint density at radius 3 is 2.23 bits per heavy atom. The van der Waals surface area contributed by atoms with Crippen molar-refractivity contribution in [2.45, 2.75) is 89.5 Å². The summed E-state index contributed by atoms with van der Waals surface area (Å²) in [5.41, 5.74) is 0.945. The minimum Gasteiger partial charge on any atom is -0.350 e. The van der Waals surface area contributed by atoms with Gasteiger partial charge in [-0.15, -0.1) is 0 Å². The summed E-state index contributed by atoms with van der Waals surface area (Å²) in [5, 5.41) is 7.89. The maximum absolute atomic E-state index is 13.0. The minimum atomic E-state index is -1.07. The summed E-state index contributed by atoms with van der Waals surface area (Å²) in [7, 11) is 0. The predicted octanol–water partition coefficient (Wildman–Crippen LogP) is 0.320. The predicted molar refractivity (Wildman–Crippen MR) is 121 cm³/mol. The molecule has 3 saturated heterocycles. The fourth-order valence-electron chi connectivity index (χ4n) is 4.39. The van der Waals surface area contributed by atoms with E-state index in [1.807, 2.05) is 30.3 Å². The van der Waals surface area contributed by atoms with Crippen LogP contribution in [0.4, 0.5) is 0 Å². The van der Waals surface area contributed by atoms with Crippen LogP contribution in [-0.2, 0) is 44.6 Å². The van der Waals surface area contributed by atoms with E-state index in [-0.39, 0.29) is 12.5 Å². The summed E-state index contributed by atoms with van der Waals surface area (Å²) in [6.45, 7) is 8.57. The monoisotopic (exact) mass is 491 g/mol. The van der Waals surface area contributed by atoms with Crippen LogP contribution in [0.2, 0.25) is 0 Å². The van der Waals surface area contributed by atoms with Gasteiger partial charge in [0.25, 0.3) is 5.91 Å². The van der Waals surface area contributed by atoms with E-state index < -0.39 is 60.1 Å². The van der Waals surface area contributed by atoms with Gasteiger partial charge in [-0.2, -0.15) is 0 Å². The third kappa shape index (κ3) is 5.99. The highest BCUT2D eigenvalue weighted by molar-refractivity contribution is 5.90. The van der Waals surface area contributed by atoms with Gasteiger partial charge in [0.05, 0.1) is 6.54 Å². The first-order valence-electron chi connectivity index (χ1n) is 11.7. The number of benzene rings is 1. The number of fused-ring (bicyclic) bond motifs is 3. The van der Waals surface area contributed by atoms with Gasteiger partial charge in [0.2, 0.25) is 11.8 Å². The molecule has 0 spiro atoms. The zero-order valence-corrected chi connectivity index (χ0v) is 20.5. The highest BCUT2D eigenvalue weighted by Gasteiger charge is 2.62. The van der Waals surface area contributed by atoms with Crippen molar-refractivity contribution >= 4 is 17.7 Å². The molecule has 1 aromatic rings. The highest BCUT2D eigenvalue weighted by Crippen LogP contribution is 2.44. The van der Waals surface area contributed by atoms with Gasteiger partial charge < -0.3 is 39.6 Å². The minimum absolute atomic E-state index is 0.335. The molecule has 0 bridgehead atoms. The average Bonchev–Trinajstić information content (AvgIpc) is 3.29. The molecule has 3 amide bonds. The molecular formula is C24H33N3O8. The first-order chi connectivity index (χ1) is 16.4. The Bertz CT molecular complexity index is 953. The second-order valence-corrected chi connectivity index (χ2v) is 9.80. The average molecular weight is 492 g/mol. The van der Waals surface area contributed by atoms with E-state index in [9.17, 15) is 14.4 Å². The largest absolute Gasteiger partial charge is 0.350 e. The fraction of sp³-hybridized carbons (Fsp3) is 0.625. The topological polar surface area (TPSA) is 133 Å². The van der Waals surface area contributed by atoms with Crippen LogP contribution in [-0.4, -0.2) is 72.6 Å². The lowest BCUT2D eigenvalue weighted by atomic mass is 9.98. The lowest BCUT2D eigenvalue weighted by Gasteiger charge is -2.36. The molecule has 0 aliphatic carbocycles. The number of rotatable bonds is 7. The smallest absolute Gasteiger partial charge is 0.252 e. The van der Waals surface area contributed by atoms with Gasteiger partial charge >= 0.3 is 0 Å². The van der Waals surface area contributed by atoms with Crippen LogP contribution in [0, 0.1) is 0 Å². The molecule has 3 aliphatic rings. The van der Waals surface area contributed by atoms with Gasteiger partial charge in [0.1, 0.15) is 24.4 Å². The number of carbonyl (C=O) groups excluding carboxylic acids is 3. The lowest BCUT2D eigenvalue weighted by Crippen LogP contribution is -2.60. The van der Waals surface area contributed by atoms with E-state index in [1.165, 1.54) is 0 Å². The van der Waals surface area contributed by atoms with Gasteiger partial charge in [-0.25, -0.2) is 0 Å². The van der Waals surface area contributed by atoms with Crippen LogP contribution in [0.15, 0.2) is 30.3 Å². The first-order valence-corrected chi connectivity index (χ1v) is 11.7. The zero-order valence-electron chi connectivity index (χ0n) is 20.5. The third-order valence-corrected chi connectivity index (χ3v) is 5.92. The first kappa shape index (κ1) is 25.5. The van der Waals surface area contributed by atoms with Crippen molar-refractivity contribution in [1.82, 2.24) is 16.0 Å². The molecule has 0 saturated carbocycles. The lowest BCUT2D eigenvalue weighted by molar-refractivity contribution is -0.231. The standard InChI is InChI=1S/C24H33N3O8/c1-13(20(29)25-11-14-9-7-6-8-10-14)27-15(28)12-26-21(30)18-16-17(33-23(2,3)32-16)19-22(31-18)35-24(4,5)34-19/h6-10,13,16-19,22H,11-12H2,1-5H3,(H,25,29)(H,26,30)(H,27,28)/t13-,16-,17-,18+,19-,22+/m0/s1. The van der Waals surface area contributed by atoms with Gasteiger partial charge in [-0.05, 0) is 40.2 Å².